The summed E-state index contributed by atoms with van der Waals surface area (Å²) in [6.45, 7) is 0.751. The van der Waals surface area contributed by atoms with Crippen molar-refractivity contribution in [2.24, 2.45) is 5.73 Å². The van der Waals surface area contributed by atoms with Crippen LogP contribution in [0.15, 0.2) is 11.6 Å². The fourth-order valence-corrected chi connectivity index (χ4v) is 0.425. The number of hydrogen-bond donors (Lipinski definition) is 1. The lowest BCUT2D eigenvalue weighted by molar-refractivity contribution is 0.856. The molecule has 1 nitrogen and oxygen atoms in total. The third-order valence-electron chi connectivity index (χ3n) is 0.664. The molecule has 0 bridgehead atoms. The first-order valence-electron chi connectivity index (χ1n) is 2.37. The van der Waals surface area contributed by atoms with Crippen molar-refractivity contribution >= 4 is 11.6 Å². The molecule has 0 aromatic rings. The number of rotatable bonds is 3. The predicted molar refractivity (Wildman–Crippen MR) is 33.3 cm³/mol. The molecule has 0 unspecified atom stereocenters. The van der Waals surface area contributed by atoms with E-state index in [1.807, 2.05) is 6.08 Å². The van der Waals surface area contributed by atoms with Crippen molar-refractivity contribution in [1.29, 1.82) is 0 Å². The summed E-state index contributed by atoms with van der Waals surface area (Å²) in [6, 6.07) is 0. The Morgan fingerprint density at radius 3 is 2.71 bits per heavy atom. The van der Waals surface area contributed by atoms with E-state index < -0.39 is 0 Å². The van der Waals surface area contributed by atoms with Gasteiger partial charge >= 0.3 is 0 Å². The Morgan fingerprint density at radius 2 is 2.29 bits per heavy atom. The maximum Gasteiger partial charge on any atom is 0.000246 e. The van der Waals surface area contributed by atoms with E-state index in [2.05, 4.69) is 0 Å². The molecule has 0 aliphatic carbocycles. The van der Waals surface area contributed by atoms with E-state index in [9.17, 15) is 0 Å². The molecule has 7 heavy (non-hydrogen) atoms. The molecule has 2 N–H and O–H groups in total. The van der Waals surface area contributed by atoms with Gasteiger partial charge < -0.3 is 5.73 Å². The number of allylic oxidation sites excluding steroid dienone is 1. The van der Waals surface area contributed by atoms with Crippen LogP contribution < -0.4 is 5.73 Å². The molecule has 0 saturated heterocycles. The van der Waals surface area contributed by atoms with Crippen LogP contribution >= 0.6 is 11.6 Å². The number of hydrogen-bond acceptors (Lipinski definition) is 1. The van der Waals surface area contributed by atoms with E-state index in [4.69, 9.17) is 17.3 Å². The highest BCUT2D eigenvalue weighted by Gasteiger charge is 1.73. The second kappa shape index (κ2) is 5.99. The standard InChI is InChI=1S/C5H10ClN/c6-4-2-1-3-5-7/h2,4H,1,3,5,7H2. The summed E-state index contributed by atoms with van der Waals surface area (Å²) in [7, 11) is 0. The highest BCUT2D eigenvalue weighted by atomic mass is 35.5. The smallest absolute Gasteiger partial charge is 0.000246 e. The molecule has 0 fully saturated rings. The van der Waals surface area contributed by atoms with Crippen LogP contribution in [-0.4, -0.2) is 6.54 Å². The molecule has 0 aromatic carbocycles. The van der Waals surface area contributed by atoms with Crippen molar-refractivity contribution in [3.05, 3.63) is 11.6 Å². The van der Waals surface area contributed by atoms with Gasteiger partial charge in [-0.25, -0.2) is 0 Å². The minimum absolute atomic E-state index is 0.751. The van der Waals surface area contributed by atoms with E-state index in [0.29, 0.717) is 0 Å². The van der Waals surface area contributed by atoms with Crippen LogP contribution in [0.4, 0.5) is 0 Å². The maximum absolute atomic E-state index is 5.22. The zero-order chi connectivity index (χ0) is 5.54. The van der Waals surface area contributed by atoms with Gasteiger partial charge in [-0.15, -0.1) is 0 Å². The van der Waals surface area contributed by atoms with E-state index >= 15 is 0 Å². The predicted octanol–water partition coefficient (Wildman–Crippen LogP) is 1.48. The summed E-state index contributed by atoms with van der Waals surface area (Å²) in [5.74, 6) is 0. The molecule has 0 atom stereocenters. The van der Waals surface area contributed by atoms with Gasteiger partial charge in [0, 0.05) is 5.54 Å². The molecule has 0 aromatic heterocycles. The molecule has 0 saturated carbocycles. The van der Waals surface area contributed by atoms with Crippen LogP contribution in [0.25, 0.3) is 0 Å². The quantitative estimate of drug-likeness (QED) is 0.560. The van der Waals surface area contributed by atoms with Gasteiger partial charge in [0.1, 0.15) is 0 Å². The molecule has 0 spiro atoms. The fraction of sp³-hybridized carbons (Fsp3) is 0.600. The third-order valence-corrected chi connectivity index (χ3v) is 0.842. The normalized spacial score (nSPS) is 10.6. The van der Waals surface area contributed by atoms with Gasteiger partial charge in [0.05, 0.1) is 0 Å². The zero-order valence-electron chi connectivity index (χ0n) is 4.23. The Labute approximate surface area is 49.2 Å². The van der Waals surface area contributed by atoms with Crippen LogP contribution in [0.1, 0.15) is 12.8 Å². The number of halogens is 1. The zero-order valence-corrected chi connectivity index (χ0v) is 4.99. The van der Waals surface area contributed by atoms with E-state index in [-0.39, 0.29) is 0 Å². The van der Waals surface area contributed by atoms with Gasteiger partial charge in [0.15, 0.2) is 0 Å². The minimum atomic E-state index is 0.751. The molecule has 2 heteroatoms. The Hall–Kier alpha value is -0.0100. The molecular weight excluding hydrogens is 110 g/mol. The summed E-state index contributed by atoms with van der Waals surface area (Å²) in [5.41, 5.74) is 6.72. The second-order valence-electron chi connectivity index (χ2n) is 1.29. The van der Waals surface area contributed by atoms with Crippen molar-refractivity contribution in [3.8, 4) is 0 Å². The van der Waals surface area contributed by atoms with Crippen molar-refractivity contribution < 1.29 is 0 Å². The van der Waals surface area contributed by atoms with Gasteiger partial charge in [-0.1, -0.05) is 17.7 Å². The lowest BCUT2D eigenvalue weighted by Crippen LogP contribution is -1.96. The molecule has 0 radical (unpaired) electrons. The third kappa shape index (κ3) is 5.99. The maximum atomic E-state index is 5.22. The molecule has 0 heterocycles. The first-order valence-corrected chi connectivity index (χ1v) is 2.80. The molecule has 0 aliphatic rings. The molecule has 42 valence electrons. The van der Waals surface area contributed by atoms with Crippen LogP contribution in [0.2, 0.25) is 0 Å². The highest BCUT2D eigenvalue weighted by molar-refractivity contribution is 6.25. The summed E-state index contributed by atoms with van der Waals surface area (Å²) in [6.07, 6.45) is 3.93. The van der Waals surface area contributed by atoms with Crippen LogP contribution in [-0.2, 0) is 0 Å². The van der Waals surface area contributed by atoms with Crippen molar-refractivity contribution in [2.45, 2.75) is 12.8 Å². The SMILES string of the molecule is NCCCC=CCl. The van der Waals surface area contributed by atoms with Gasteiger partial charge in [-0.3, -0.25) is 0 Å². The molecular formula is C5H10ClN. The first kappa shape index (κ1) is 6.99. The Kier molecular flexibility index (Phi) is 5.98. The summed E-state index contributed by atoms with van der Waals surface area (Å²) >= 11 is 5.22. The van der Waals surface area contributed by atoms with Gasteiger partial charge in [0.25, 0.3) is 0 Å². The summed E-state index contributed by atoms with van der Waals surface area (Å²) in [4.78, 5) is 0. The summed E-state index contributed by atoms with van der Waals surface area (Å²) < 4.78 is 0. The Bertz CT molecular complexity index is 52.0. The average Bonchev–Trinajstić information content (AvgIpc) is 1.69. The van der Waals surface area contributed by atoms with Crippen molar-refractivity contribution in [3.63, 3.8) is 0 Å². The van der Waals surface area contributed by atoms with Gasteiger partial charge in [0.2, 0.25) is 0 Å². The number of unbranched alkanes of at least 4 members (excludes halogenated alkanes) is 1. The van der Waals surface area contributed by atoms with Gasteiger partial charge in [-0.2, -0.15) is 0 Å². The van der Waals surface area contributed by atoms with Gasteiger partial charge in [-0.05, 0) is 19.4 Å². The van der Waals surface area contributed by atoms with E-state index in [0.717, 1.165) is 19.4 Å². The van der Waals surface area contributed by atoms with Crippen LogP contribution in [0.5, 0.6) is 0 Å². The largest absolute Gasteiger partial charge is 0.330 e. The van der Waals surface area contributed by atoms with Crippen molar-refractivity contribution in [2.75, 3.05) is 6.54 Å². The van der Waals surface area contributed by atoms with E-state index in [1.165, 1.54) is 5.54 Å². The first-order chi connectivity index (χ1) is 3.41. The second-order valence-corrected chi connectivity index (χ2v) is 1.54. The molecule has 0 amide bonds. The lowest BCUT2D eigenvalue weighted by atomic mass is 10.3. The van der Waals surface area contributed by atoms with Crippen LogP contribution in [0.3, 0.4) is 0 Å². The number of nitrogens with two attached hydrogens (primary N) is 1. The topological polar surface area (TPSA) is 26.0 Å². The fourth-order valence-electron chi connectivity index (χ4n) is 0.299. The molecule has 0 aliphatic heterocycles. The Balaban J connectivity index is 2.69. The van der Waals surface area contributed by atoms with Crippen LogP contribution in [0, 0.1) is 0 Å². The molecule has 0 rings (SSSR count). The van der Waals surface area contributed by atoms with E-state index in [1.54, 1.807) is 0 Å². The average molecular weight is 120 g/mol. The highest BCUT2D eigenvalue weighted by Crippen LogP contribution is 1.88. The lowest BCUT2D eigenvalue weighted by Gasteiger charge is -1.83. The van der Waals surface area contributed by atoms with Crippen molar-refractivity contribution in [1.82, 2.24) is 0 Å². The Morgan fingerprint density at radius 1 is 1.57 bits per heavy atom. The minimum Gasteiger partial charge on any atom is -0.330 e. The monoisotopic (exact) mass is 119 g/mol. The summed E-state index contributed by atoms with van der Waals surface area (Å²) in [5, 5.41) is 0.